The van der Waals surface area contributed by atoms with Crippen molar-refractivity contribution >= 4 is 39.2 Å². The third-order valence-electron chi connectivity index (χ3n) is 2.16. The van der Waals surface area contributed by atoms with E-state index in [0.717, 1.165) is 17.3 Å². The number of anilines is 1. The van der Waals surface area contributed by atoms with Gasteiger partial charge in [-0.2, -0.15) is 8.75 Å². The van der Waals surface area contributed by atoms with Crippen molar-refractivity contribution in [2.75, 3.05) is 5.32 Å². The lowest BCUT2D eigenvalue weighted by atomic mass is 10.2. The van der Waals surface area contributed by atoms with Crippen LogP contribution in [0.1, 0.15) is 5.56 Å². The summed E-state index contributed by atoms with van der Waals surface area (Å²) in [5.41, 5.74) is 0.881. The van der Waals surface area contributed by atoms with E-state index in [4.69, 9.17) is 16.7 Å². The molecule has 96 valence electrons. The second kappa shape index (κ2) is 5.19. The van der Waals surface area contributed by atoms with Crippen LogP contribution in [0.2, 0.25) is 5.15 Å². The van der Waals surface area contributed by atoms with E-state index in [9.17, 15) is 8.42 Å². The molecule has 0 spiro atoms. The summed E-state index contributed by atoms with van der Waals surface area (Å²) >= 11 is 6.79. The van der Waals surface area contributed by atoms with E-state index in [1.165, 1.54) is 12.1 Å². The van der Waals surface area contributed by atoms with Gasteiger partial charge >= 0.3 is 0 Å². The number of benzene rings is 1. The van der Waals surface area contributed by atoms with Crippen molar-refractivity contribution in [2.24, 2.45) is 5.14 Å². The van der Waals surface area contributed by atoms with Crippen LogP contribution in [0.15, 0.2) is 29.2 Å². The lowest BCUT2D eigenvalue weighted by Crippen LogP contribution is -2.12. The number of nitrogens with one attached hydrogen (secondary N) is 1. The Balaban J connectivity index is 2.05. The van der Waals surface area contributed by atoms with Gasteiger partial charge in [-0.3, -0.25) is 0 Å². The maximum Gasteiger partial charge on any atom is 0.238 e. The molecule has 0 amide bonds. The minimum Gasteiger partial charge on any atom is -0.363 e. The Morgan fingerprint density at radius 1 is 1.28 bits per heavy atom. The first-order valence-electron chi connectivity index (χ1n) is 4.80. The number of primary sulfonamides is 1. The van der Waals surface area contributed by atoms with E-state index in [1.54, 1.807) is 12.1 Å². The summed E-state index contributed by atoms with van der Waals surface area (Å²) in [7, 11) is -3.65. The molecule has 0 bridgehead atoms. The Kier molecular flexibility index (Phi) is 3.81. The predicted octanol–water partition coefficient (Wildman–Crippen LogP) is 1.45. The van der Waals surface area contributed by atoms with Crippen molar-refractivity contribution in [3.63, 3.8) is 0 Å². The third kappa shape index (κ3) is 3.16. The van der Waals surface area contributed by atoms with Gasteiger partial charge in [0.1, 0.15) is 0 Å². The van der Waals surface area contributed by atoms with Gasteiger partial charge in [0.15, 0.2) is 11.0 Å². The lowest BCUT2D eigenvalue weighted by Gasteiger charge is -2.04. The van der Waals surface area contributed by atoms with Crippen LogP contribution in [-0.2, 0) is 16.6 Å². The van der Waals surface area contributed by atoms with Gasteiger partial charge in [-0.05, 0) is 17.7 Å². The van der Waals surface area contributed by atoms with Crippen molar-refractivity contribution < 1.29 is 8.42 Å². The first-order valence-corrected chi connectivity index (χ1v) is 7.46. The smallest absolute Gasteiger partial charge is 0.238 e. The molecule has 2 aromatic rings. The molecule has 3 N–H and O–H groups in total. The number of halogens is 1. The summed E-state index contributed by atoms with van der Waals surface area (Å²) in [5, 5.41) is 8.31. The van der Waals surface area contributed by atoms with Gasteiger partial charge in [0.25, 0.3) is 0 Å². The first kappa shape index (κ1) is 13.2. The van der Waals surface area contributed by atoms with Gasteiger partial charge in [-0.25, -0.2) is 13.6 Å². The van der Waals surface area contributed by atoms with Crippen LogP contribution >= 0.6 is 23.3 Å². The first-order chi connectivity index (χ1) is 8.47. The molecule has 0 aliphatic heterocycles. The number of aromatic nitrogens is 2. The van der Waals surface area contributed by atoms with Crippen molar-refractivity contribution in [3.05, 3.63) is 35.0 Å². The van der Waals surface area contributed by atoms with Gasteiger partial charge in [0.2, 0.25) is 10.0 Å². The number of hydrogen-bond donors (Lipinski definition) is 2. The van der Waals surface area contributed by atoms with Crippen molar-refractivity contribution in [2.45, 2.75) is 11.4 Å². The molecule has 0 aliphatic carbocycles. The molecule has 2 rings (SSSR count). The molecule has 9 heteroatoms. The van der Waals surface area contributed by atoms with Gasteiger partial charge in [0.05, 0.1) is 16.6 Å². The van der Waals surface area contributed by atoms with Crippen molar-refractivity contribution in [3.8, 4) is 0 Å². The molecule has 1 aromatic carbocycles. The van der Waals surface area contributed by atoms with E-state index < -0.39 is 10.0 Å². The summed E-state index contributed by atoms with van der Waals surface area (Å²) in [6, 6.07) is 6.24. The SMILES string of the molecule is NS(=O)(=O)c1ccc(CNc2nsnc2Cl)cc1. The van der Waals surface area contributed by atoms with E-state index >= 15 is 0 Å². The topological polar surface area (TPSA) is 98.0 Å². The second-order valence-corrected chi connectivity index (χ2v) is 5.89. The number of hydrogen-bond acceptors (Lipinski definition) is 6. The van der Waals surface area contributed by atoms with Crippen LogP contribution in [0.4, 0.5) is 5.82 Å². The van der Waals surface area contributed by atoms with E-state index in [2.05, 4.69) is 14.1 Å². The van der Waals surface area contributed by atoms with Gasteiger partial charge in [-0.1, -0.05) is 23.7 Å². The van der Waals surface area contributed by atoms with Crippen LogP contribution in [0.25, 0.3) is 0 Å². The molecule has 0 aliphatic rings. The zero-order valence-electron chi connectivity index (χ0n) is 9.00. The maximum absolute atomic E-state index is 11.1. The van der Waals surface area contributed by atoms with E-state index in [-0.39, 0.29) is 4.90 Å². The quantitative estimate of drug-likeness (QED) is 0.891. The molecule has 0 saturated heterocycles. The summed E-state index contributed by atoms with van der Waals surface area (Å²) in [6.07, 6.45) is 0. The van der Waals surface area contributed by atoms with Crippen LogP contribution in [0.3, 0.4) is 0 Å². The number of nitrogens with zero attached hydrogens (tertiary/aromatic N) is 2. The Hall–Kier alpha value is -1.22. The largest absolute Gasteiger partial charge is 0.363 e. The minimum atomic E-state index is -3.65. The van der Waals surface area contributed by atoms with Crippen molar-refractivity contribution in [1.29, 1.82) is 0 Å². The van der Waals surface area contributed by atoms with Gasteiger partial charge < -0.3 is 5.32 Å². The molecular formula is C9H9ClN4O2S2. The Labute approximate surface area is 113 Å². The second-order valence-electron chi connectivity index (χ2n) is 3.45. The van der Waals surface area contributed by atoms with Crippen LogP contribution in [-0.4, -0.2) is 17.2 Å². The zero-order chi connectivity index (χ0) is 13.2. The van der Waals surface area contributed by atoms with E-state index in [0.29, 0.717) is 17.5 Å². The fraction of sp³-hybridized carbons (Fsp3) is 0.111. The third-order valence-corrected chi connectivity index (χ3v) is 3.98. The van der Waals surface area contributed by atoms with Crippen molar-refractivity contribution in [1.82, 2.24) is 8.75 Å². The summed E-state index contributed by atoms with van der Waals surface area (Å²) in [4.78, 5) is 0.0830. The molecule has 1 aromatic heterocycles. The number of sulfonamides is 1. The number of rotatable bonds is 4. The monoisotopic (exact) mass is 304 g/mol. The summed E-state index contributed by atoms with van der Waals surface area (Å²) in [5.74, 6) is 0.511. The highest BCUT2D eigenvalue weighted by Gasteiger charge is 2.07. The number of nitrogens with two attached hydrogens (primary N) is 1. The molecule has 1 heterocycles. The molecule has 18 heavy (non-hydrogen) atoms. The molecule has 0 unspecified atom stereocenters. The highest BCUT2D eigenvalue weighted by molar-refractivity contribution is 7.89. The molecule has 0 fully saturated rings. The molecule has 6 nitrogen and oxygen atoms in total. The average molecular weight is 305 g/mol. The predicted molar refractivity (Wildman–Crippen MR) is 70.1 cm³/mol. The Morgan fingerprint density at radius 3 is 2.44 bits per heavy atom. The molecular weight excluding hydrogens is 296 g/mol. The van der Waals surface area contributed by atoms with E-state index in [1.807, 2.05) is 0 Å². The maximum atomic E-state index is 11.1. The standard InChI is InChI=1S/C9H9ClN4O2S2/c10-8-9(14-17-13-8)12-5-6-1-3-7(4-2-6)18(11,15)16/h1-4H,5H2,(H,12,14)(H2,11,15,16). The summed E-state index contributed by atoms with van der Waals surface area (Å²) < 4.78 is 29.9. The summed E-state index contributed by atoms with van der Waals surface area (Å²) in [6.45, 7) is 0.468. The Morgan fingerprint density at radius 2 is 1.94 bits per heavy atom. The highest BCUT2D eigenvalue weighted by atomic mass is 35.5. The molecule has 0 atom stereocenters. The Bertz CT molecular complexity index is 639. The highest BCUT2D eigenvalue weighted by Crippen LogP contribution is 2.18. The average Bonchev–Trinajstić information content (AvgIpc) is 2.72. The van der Waals surface area contributed by atoms with Gasteiger partial charge in [-0.15, -0.1) is 0 Å². The fourth-order valence-electron chi connectivity index (χ4n) is 1.27. The zero-order valence-corrected chi connectivity index (χ0v) is 11.4. The minimum absolute atomic E-state index is 0.0830. The van der Waals surface area contributed by atoms with Crippen LogP contribution in [0, 0.1) is 0 Å². The fourth-order valence-corrected chi connectivity index (χ4v) is 2.46. The molecule has 0 radical (unpaired) electrons. The van der Waals surface area contributed by atoms with Crippen LogP contribution in [0.5, 0.6) is 0 Å². The van der Waals surface area contributed by atoms with Gasteiger partial charge in [0, 0.05) is 6.54 Å². The normalized spacial score (nSPS) is 11.4. The van der Waals surface area contributed by atoms with Crippen LogP contribution < -0.4 is 10.5 Å². The lowest BCUT2D eigenvalue weighted by molar-refractivity contribution is 0.598. The molecule has 0 saturated carbocycles.